The first-order valence-electron chi connectivity index (χ1n) is 8.65. The zero-order valence-electron chi connectivity index (χ0n) is 14.6. The summed E-state index contributed by atoms with van der Waals surface area (Å²) in [5, 5.41) is 3.02. The number of hydrogen-bond acceptors (Lipinski definition) is 4. The lowest BCUT2D eigenvalue weighted by Crippen LogP contribution is -2.46. The van der Waals surface area contributed by atoms with Gasteiger partial charge in [-0.3, -0.25) is 9.59 Å². The topological polar surface area (TPSA) is 71.8 Å². The Bertz CT molecular complexity index is 616. The minimum Gasteiger partial charge on any atom is -0.456 e. The fourth-order valence-electron chi connectivity index (χ4n) is 3.86. The Morgan fingerprint density at radius 3 is 2.58 bits per heavy atom. The smallest absolute Gasteiger partial charge is 0.289 e. The van der Waals surface area contributed by atoms with Crippen molar-refractivity contribution >= 4 is 11.8 Å². The molecule has 3 heterocycles. The Morgan fingerprint density at radius 2 is 2.00 bits per heavy atom. The Balaban J connectivity index is 1.81. The lowest BCUT2D eigenvalue weighted by atomic mass is 9.71. The maximum atomic E-state index is 12.7. The number of carbonyl (C=O) groups excluding carboxylic acids is 2. The number of furan rings is 1. The molecule has 0 aliphatic carbocycles. The molecule has 3 rings (SSSR count). The van der Waals surface area contributed by atoms with E-state index < -0.39 is 0 Å². The molecule has 6 heteroatoms. The van der Waals surface area contributed by atoms with Crippen molar-refractivity contribution in [1.29, 1.82) is 0 Å². The van der Waals surface area contributed by atoms with Crippen LogP contribution in [0.1, 0.15) is 43.0 Å². The first-order valence-corrected chi connectivity index (χ1v) is 8.65. The van der Waals surface area contributed by atoms with Gasteiger partial charge in [0.2, 0.25) is 5.91 Å². The molecule has 2 aliphatic rings. The van der Waals surface area contributed by atoms with Crippen LogP contribution in [-0.2, 0) is 9.53 Å². The van der Waals surface area contributed by atoms with Gasteiger partial charge in [0.1, 0.15) is 5.76 Å². The molecule has 0 aromatic carbocycles. The highest BCUT2D eigenvalue weighted by molar-refractivity contribution is 5.93. The van der Waals surface area contributed by atoms with Crippen LogP contribution in [0, 0.1) is 18.3 Å². The van der Waals surface area contributed by atoms with Gasteiger partial charge in [-0.25, -0.2) is 0 Å². The molecule has 1 spiro atoms. The van der Waals surface area contributed by atoms with Gasteiger partial charge in [-0.1, -0.05) is 0 Å². The first kappa shape index (κ1) is 17.0. The van der Waals surface area contributed by atoms with Gasteiger partial charge in [-0.15, -0.1) is 0 Å². The number of rotatable bonds is 3. The Labute approximate surface area is 142 Å². The number of carbonyl (C=O) groups is 2. The predicted octanol–water partition coefficient (Wildman–Crippen LogP) is 1.98. The van der Waals surface area contributed by atoms with Crippen LogP contribution < -0.4 is 5.32 Å². The van der Waals surface area contributed by atoms with E-state index in [1.807, 2.05) is 20.8 Å². The van der Waals surface area contributed by atoms with E-state index in [1.165, 1.54) is 0 Å². The zero-order valence-corrected chi connectivity index (χ0v) is 14.6. The quantitative estimate of drug-likeness (QED) is 0.917. The third-order valence-electron chi connectivity index (χ3n) is 5.12. The van der Waals surface area contributed by atoms with Crippen LogP contribution in [0.15, 0.2) is 16.5 Å². The van der Waals surface area contributed by atoms with E-state index in [4.69, 9.17) is 9.15 Å². The van der Waals surface area contributed by atoms with Crippen molar-refractivity contribution in [3.05, 3.63) is 23.7 Å². The molecule has 0 unspecified atom stereocenters. The Morgan fingerprint density at radius 1 is 1.29 bits per heavy atom. The molecule has 1 atom stereocenters. The molecule has 24 heavy (non-hydrogen) atoms. The third-order valence-corrected chi connectivity index (χ3v) is 5.12. The van der Waals surface area contributed by atoms with E-state index in [9.17, 15) is 9.59 Å². The molecule has 1 aromatic rings. The van der Waals surface area contributed by atoms with Crippen molar-refractivity contribution in [3.8, 4) is 0 Å². The molecule has 132 valence electrons. The van der Waals surface area contributed by atoms with Crippen molar-refractivity contribution in [2.45, 2.75) is 39.7 Å². The summed E-state index contributed by atoms with van der Waals surface area (Å²) in [6.45, 7) is 8.05. The molecular weight excluding hydrogens is 308 g/mol. The maximum Gasteiger partial charge on any atom is 0.289 e. The number of nitrogens with one attached hydrogen (secondary N) is 1. The normalized spacial score (nSPS) is 23.0. The molecule has 2 amide bonds. The van der Waals surface area contributed by atoms with Gasteiger partial charge in [0.15, 0.2) is 5.76 Å². The number of nitrogens with zero attached hydrogens (tertiary/aromatic N) is 1. The molecule has 2 fully saturated rings. The second-order valence-electron chi connectivity index (χ2n) is 7.29. The standard InChI is InChI=1S/C18H26N2O4/c1-12(2)19-16(21)14-10-20(11-18(14)6-8-23-9-7-18)17(22)15-5-4-13(3)24-15/h4-5,12,14H,6-11H2,1-3H3,(H,19,21)/t14-/m0/s1. The number of amides is 2. The second kappa shape index (κ2) is 6.59. The van der Waals surface area contributed by atoms with Crippen molar-refractivity contribution in [3.63, 3.8) is 0 Å². The summed E-state index contributed by atoms with van der Waals surface area (Å²) in [4.78, 5) is 27.2. The fourth-order valence-corrected chi connectivity index (χ4v) is 3.86. The second-order valence-corrected chi connectivity index (χ2v) is 7.29. The molecule has 1 aromatic heterocycles. The molecule has 0 saturated carbocycles. The van der Waals surface area contributed by atoms with Crippen molar-refractivity contribution in [2.75, 3.05) is 26.3 Å². The van der Waals surface area contributed by atoms with E-state index in [0.717, 1.165) is 12.8 Å². The van der Waals surface area contributed by atoms with Crippen molar-refractivity contribution < 1.29 is 18.7 Å². The van der Waals surface area contributed by atoms with Crippen molar-refractivity contribution in [2.24, 2.45) is 11.3 Å². The summed E-state index contributed by atoms with van der Waals surface area (Å²) in [6.07, 6.45) is 1.62. The van der Waals surface area contributed by atoms with E-state index in [1.54, 1.807) is 17.0 Å². The zero-order chi connectivity index (χ0) is 17.3. The number of likely N-dealkylation sites (tertiary alicyclic amines) is 1. The Kier molecular flexibility index (Phi) is 4.67. The molecule has 1 N–H and O–H groups in total. The average Bonchev–Trinajstić information content (AvgIpc) is 3.11. The monoisotopic (exact) mass is 334 g/mol. The highest BCUT2D eigenvalue weighted by Crippen LogP contribution is 2.44. The van der Waals surface area contributed by atoms with Gasteiger partial charge in [-0.2, -0.15) is 0 Å². The minimum atomic E-state index is -0.191. The van der Waals surface area contributed by atoms with Crippen LogP contribution >= 0.6 is 0 Å². The third kappa shape index (κ3) is 3.20. The van der Waals surface area contributed by atoms with Gasteiger partial charge in [-0.05, 0) is 45.7 Å². The van der Waals surface area contributed by atoms with E-state index in [0.29, 0.717) is 37.8 Å². The predicted molar refractivity (Wildman–Crippen MR) is 88.6 cm³/mol. The van der Waals surface area contributed by atoms with Crippen LogP contribution in [0.4, 0.5) is 0 Å². The molecule has 2 saturated heterocycles. The SMILES string of the molecule is Cc1ccc(C(=O)N2C[C@@H](C(=O)NC(C)C)C3(CCOCC3)C2)o1. The van der Waals surface area contributed by atoms with Crippen LogP contribution in [-0.4, -0.2) is 49.1 Å². The summed E-state index contributed by atoms with van der Waals surface area (Å²) in [6, 6.07) is 3.58. The van der Waals surface area contributed by atoms with E-state index >= 15 is 0 Å². The summed E-state index contributed by atoms with van der Waals surface area (Å²) >= 11 is 0. The first-order chi connectivity index (χ1) is 11.4. The summed E-state index contributed by atoms with van der Waals surface area (Å²) in [5.74, 6) is 0.780. The lowest BCUT2D eigenvalue weighted by Gasteiger charge is -2.37. The number of aryl methyl sites for hydroxylation is 1. The van der Waals surface area contributed by atoms with Crippen LogP contribution in [0.25, 0.3) is 0 Å². The van der Waals surface area contributed by atoms with Gasteiger partial charge < -0.3 is 19.4 Å². The summed E-state index contributed by atoms with van der Waals surface area (Å²) in [7, 11) is 0. The number of hydrogen-bond donors (Lipinski definition) is 1. The molecule has 2 aliphatic heterocycles. The van der Waals surface area contributed by atoms with E-state index in [2.05, 4.69) is 5.32 Å². The Hall–Kier alpha value is -1.82. The molecular formula is C18H26N2O4. The largest absolute Gasteiger partial charge is 0.456 e. The van der Waals surface area contributed by atoms with Gasteiger partial charge >= 0.3 is 0 Å². The van der Waals surface area contributed by atoms with Crippen LogP contribution in [0.2, 0.25) is 0 Å². The fraction of sp³-hybridized carbons (Fsp3) is 0.667. The number of ether oxygens (including phenoxy) is 1. The van der Waals surface area contributed by atoms with E-state index in [-0.39, 0.29) is 29.2 Å². The summed E-state index contributed by atoms with van der Waals surface area (Å²) < 4.78 is 11.0. The lowest BCUT2D eigenvalue weighted by molar-refractivity contribution is -0.130. The highest BCUT2D eigenvalue weighted by Gasteiger charge is 2.52. The van der Waals surface area contributed by atoms with Gasteiger partial charge in [0.05, 0.1) is 5.92 Å². The average molecular weight is 334 g/mol. The van der Waals surface area contributed by atoms with Crippen LogP contribution in [0.3, 0.4) is 0 Å². The molecule has 0 radical (unpaired) electrons. The maximum absolute atomic E-state index is 12.7. The highest BCUT2D eigenvalue weighted by atomic mass is 16.5. The van der Waals surface area contributed by atoms with Crippen molar-refractivity contribution in [1.82, 2.24) is 10.2 Å². The minimum absolute atomic E-state index is 0.0397. The summed E-state index contributed by atoms with van der Waals surface area (Å²) in [5.41, 5.74) is -0.186. The van der Waals surface area contributed by atoms with Gasteiger partial charge in [0, 0.05) is 37.8 Å². The van der Waals surface area contributed by atoms with Gasteiger partial charge in [0.25, 0.3) is 5.91 Å². The van der Waals surface area contributed by atoms with Crippen LogP contribution in [0.5, 0.6) is 0 Å². The molecule has 0 bridgehead atoms. The molecule has 6 nitrogen and oxygen atoms in total.